The van der Waals surface area contributed by atoms with Crippen molar-refractivity contribution >= 4 is 11.6 Å². The zero-order valence-corrected chi connectivity index (χ0v) is 9.83. The van der Waals surface area contributed by atoms with Crippen molar-refractivity contribution in [1.82, 2.24) is 0 Å². The Morgan fingerprint density at radius 2 is 1.94 bits per heavy atom. The van der Waals surface area contributed by atoms with Crippen LogP contribution >= 0.6 is 11.6 Å². The van der Waals surface area contributed by atoms with Gasteiger partial charge in [0.15, 0.2) is 0 Å². The zero-order chi connectivity index (χ0) is 11.5. The summed E-state index contributed by atoms with van der Waals surface area (Å²) in [6, 6.07) is 13.3. The lowest BCUT2D eigenvalue weighted by atomic mass is 10.0. The molecule has 2 aromatic carbocycles. The summed E-state index contributed by atoms with van der Waals surface area (Å²) in [6.45, 7) is 2.01. The van der Waals surface area contributed by atoms with Gasteiger partial charge in [0.1, 0.15) is 5.75 Å². The predicted molar refractivity (Wildman–Crippen MR) is 67.1 cm³/mol. The standard InChI is InChI=1S/C14H13ClO/c1-10-5-6-14(16)12(7-10)8-11-3-2-4-13(15)9-11/h2-7,9,16H,8H2,1H3. The molecule has 0 aromatic heterocycles. The number of benzene rings is 2. The molecule has 0 radical (unpaired) electrons. The summed E-state index contributed by atoms with van der Waals surface area (Å²) < 4.78 is 0. The fourth-order valence-electron chi connectivity index (χ4n) is 1.72. The van der Waals surface area contributed by atoms with Crippen molar-refractivity contribution in [2.24, 2.45) is 0 Å². The van der Waals surface area contributed by atoms with E-state index in [2.05, 4.69) is 0 Å². The first-order chi connectivity index (χ1) is 7.65. The molecule has 0 saturated carbocycles. The lowest BCUT2D eigenvalue weighted by molar-refractivity contribution is 0.469. The molecule has 2 heteroatoms. The summed E-state index contributed by atoms with van der Waals surface area (Å²) in [5.74, 6) is 0.338. The van der Waals surface area contributed by atoms with E-state index in [-0.39, 0.29) is 0 Å². The topological polar surface area (TPSA) is 20.2 Å². The van der Waals surface area contributed by atoms with Crippen LogP contribution in [0.3, 0.4) is 0 Å². The molecule has 1 nitrogen and oxygen atoms in total. The second-order valence-corrected chi connectivity index (χ2v) is 4.38. The van der Waals surface area contributed by atoms with Gasteiger partial charge in [0.2, 0.25) is 0 Å². The number of aromatic hydroxyl groups is 1. The smallest absolute Gasteiger partial charge is 0.119 e. The van der Waals surface area contributed by atoms with Crippen LogP contribution in [0, 0.1) is 6.92 Å². The Morgan fingerprint density at radius 1 is 1.12 bits per heavy atom. The maximum absolute atomic E-state index is 9.73. The number of rotatable bonds is 2. The minimum Gasteiger partial charge on any atom is -0.508 e. The minimum absolute atomic E-state index is 0.338. The van der Waals surface area contributed by atoms with Crippen molar-refractivity contribution in [2.45, 2.75) is 13.3 Å². The highest BCUT2D eigenvalue weighted by Crippen LogP contribution is 2.22. The Labute approximate surface area is 100 Å². The molecule has 0 fully saturated rings. The van der Waals surface area contributed by atoms with Crippen LogP contribution in [0.25, 0.3) is 0 Å². The maximum atomic E-state index is 9.73. The Bertz CT molecular complexity index is 506. The Hall–Kier alpha value is -1.47. The third kappa shape index (κ3) is 2.56. The van der Waals surface area contributed by atoms with Gasteiger partial charge in [-0.15, -0.1) is 0 Å². The normalized spacial score (nSPS) is 10.4. The van der Waals surface area contributed by atoms with Crippen LogP contribution in [0.15, 0.2) is 42.5 Å². The van der Waals surface area contributed by atoms with Gasteiger partial charge in [-0.1, -0.05) is 41.4 Å². The first-order valence-electron chi connectivity index (χ1n) is 5.18. The molecular formula is C14H13ClO. The van der Waals surface area contributed by atoms with Crippen molar-refractivity contribution in [3.05, 3.63) is 64.2 Å². The molecule has 0 aliphatic rings. The van der Waals surface area contributed by atoms with Crippen LogP contribution in [0.5, 0.6) is 5.75 Å². The van der Waals surface area contributed by atoms with Crippen molar-refractivity contribution in [1.29, 1.82) is 0 Å². The fourth-order valence-corrected chi connectivity index (χ4v) is 1.94. The van der Waals surface area contributed by atoms with Crippen LogP contribution in [0.1, 0.15) is 16.7 Å². The van der Waals surface area contributed by atoms with Crippen LogP contribution in [-0.4, -0.2) is 5.11 Å². The second-order valence-electron chi connectivity index (χ2n) is 3.94. The second kappa shape index (κ2) is 4.58. The van der Waals surface area contributed by atoms with Gasteiger partial charge in [-0.05, 0) is 36.2 Å². The highest BCUT2D eigenvalue weighted by Gasteiger charge is 2.03. The van der Waals surface area contributed by atoms with Crippen LogP contribution in [0.4, 0.5) is 0 Å². The molecule has 0 saturated heterocycles. The molecular weight excluding hydrogens is 220 g/mol. The van der Waals surface area contributed by atoms with Crippen LogP contribution in [0.2, 0.25) is 5.02 Å². The van der Waals surface area contributed by atoms with E-state index in [4.69, 9.17) is 11.6 Å². The van der Waals surface area contributed by atoms with Crippen molar-refractivity contribution in [3.63, 3.8) is 0 Å². The molecule has 2 aromatic rings. The van der Waals surface area contributed by atoms with E-state index in [1.54, 1.807) is 6.07 Å². The first-order valence-corrected chi connectivity index (χ1v) is 5.56. The highest BCUT2D eigenvalue weighted by atomic mass is 35.5. The van der Waals surface area contributed by atoms with Gasteiger partial charge in [0, 0.05) is 11.4 Å². The molecule has 1 N–H and O–H groups in total. The third-order valence-corrected chi connectivity index (χ3v) is 2.75. The van der Waals surface area contributed by atoms with Gasteiger partial charge in [-0.3, -0.25) is 0 Å². The maximum Gasteiger partial charge on any atom is 0.119 e. The van der Waals surface area contributed by atoms with Gasteiger partial charge in [-0.2, -0.15) is 0 Å². The van der Waals surface area contributed by atoms with Gasteiger partial charge in [0.25, 0.3) is 0 Å². The Kier molecular flexibility index (Phi) is 3.16. The monoisotopic (exact) mass is 232 g/mol. The number of hydrogen-bond donors (Lipinski definition) is 1. The molecule has 0 aliphatic carbocycles. The van der Waals surface area contributed by atoms with Gasteiger partial charge in [0.05, 0.1) is 0 Å². The van der Waals surface area contributed by atoms with Crippen molar-refractivity contribution < 1.29 is 5.11 Å². The Morgan fingerprint density at radius 3 is 2.69 bits per heavy atom. The molecule has 0 amide bonds. The van der Waals surface area contributed by atoms with E-state index in [1.165, 1.54) is 0 Å². The van der Waals surface area contributed by atoms with Gasteiger partial charge < -0.3 is 5.11 Å². The van der Waals surface area contributed by atoms with E-state index in [0.29, 0.717) is 12.2 Å². The summed E-state index contributed by atoms with van der Waals surface area (Å²) in [6.07, 6.45) is 0.702. The van der Waals surface area contributed by atoms with E-state index in [9.17, 15) is 5.11 Å². The van der Waals surface area contributed by atoms with Crippen LogP contribution in [-0.2, 0) is 6.42 Å². The van der Waals surface area contributed by atoms with Crippen LogP contribution < -0.4 is 0 Å². The molecule has 0 bridgehead atoms. The number of aryl methyl sites for hydroxylation is 1. The summed E-state index contributed by atoms with van der Waals surface area (Å²) in [7, 11) is 0. The number of phenolic OH excluding ortho intramolecular Hbond substituents is 1. The van der Waals surface area contributed by atoms with E-state index in [0.717, 1.165) is 21.7 Å². The Balaban J connectivity index is 2.30. The van der Waals surface area contributed by atoms with Crippen molar-refractivity contribution in [2.75, 3.05) is 0 Å². The SMILES string of the molecule is Cc1ccc(O)c(Cc2cccc(Cl)c2)c1. The summed E-state index contributed by atoms with van der Waals surface area (Å²) in [5.41, 5.74) is 3.19. The lowest BCUT2D eigenvalue weighted by Gasteiger charge is -2.06. The quantitative estimate of drug-likeness (QED) is 0.832. The average Bonchev–Trinajstić information content (AvgIpc) is 2.24. The predicted octanol–water partition coefficient (Wildman–Crippen LogP) is 3.94. The highest BCUT2D eigenvalue weighted by molar-refractivity contribution is 6.30. The number of halogens is 1. The van der Waals surface area contributed by atoms with Gasteiger partial charge in [-0.25, -0.2) is 0 Å². The molecule has 0 atom stereocenters. The minimum atomic E-state index is 0.338. The third-order valence-electron chi connectivity index (χ3n) is 2.52. The first kappa shape index (κ1) is 11.0. The van der Waals surface area contributed by atoms with Crippen molar-refractivity contribution in [3.8, 4) is 5.75 Å². The summed E-state index contributed by atoms with van der Waals surface area (Å²) in [5, 5.41) is 10.5. The zero-order valence-electron chi connectivity index (χ0n) is 9.07. The molecule has 0 aliphatic heterocycles. The number of phenols is 1. The molecule has 82 valence electrons. The molecule has 2 rings (SSSR count). The molecule has 0 unspecified atom stereocenters. The molecule has 0 heterocycles. The number of hydrogen-bond acceptors (Lipinski definition) is 1. The average molecular weight is 233 g/mol. The summed E-state index contributed by atoms with van der Waals surface area (Å²) >= 11 is 5.92. The molecule has 16 heavy (non-hydrogen) atoms. The fraction of sp³-hybridized carbons (Fsp3) is 0.143. The largest absolute Gasteiger partial charge is 0.508 e. The van der Waals surface area contributed by atoms with Gasteiger partial charge >= 0.3 is 0 Å². The summed E-state index contributed by atoms with van der Waals surface area (Å²) in [4.78, 5) is 0. The van der Waals surface area contributed by atoms with E-state index < -0.39 is 0 Å². The molecule has 0 spiro atoms. The van der Waals surface area contributed by atoms with E-state index in [1.807, 2.05) is 43.3 Å². The van der Waals surface area contributed by atoms with E-state index >= 15 is 0 Å². The lowest BCUT2D eigenvalue weighted by Crippen LogP contribution is -1.89.